The van der Waals surface area contributed by atoms with Crippen molar-refractivity contribution >= 4 is 27.6 Å². The topological polar surface area (TPSA) is 37.5 Å². The van der Waals surface area contributed by atoms with Gasteiger partial charge in [-0.25, -0.2) is 0 Å². The average Bonchev–Trinajstić information content (AvgIpc) is 3.00. The molecule has 0 aliphatic heterocycles. The van der Waals surface area contributed by atoms with E-state index in [1.807, 2.05) is 6.07 Å². The summed E-state index contributed by atoms with van der Waals surface area (Å²) in [5.41, 5.74) is 1.05. The molecular formula is C20H33FN2OSn. The van der Waals surface area contributed by atoms with E-state index >= 15 is 0 Å². The van der Waals surface area contributed by atoms with Crippen LogP contribution < -0.4 is 3.71 Å². The number of aliphatic hydroxyl groups excluding tert-OH is 1. The molecule has 5 heteroatoms. The van der Waals surface area contributed by atoms with Crippen molar-refractivity contribution in [3.8, 4) is 0 Å². The van der Waals surface area contributed by atoms with Crippen LogP contribution in [-0.2, 0) is 6.61 Å². The number of halogens is 1. The van der Waals surface area contributed by atoms with Crippen LogP contribution in [0.2, 0.25) is 13.3 Å². The Balaban J connectivity index is 2.59. The van der Waals surface area contributed by atoms with Crippen molar-refractivity contribution in [1.82, 2.24) is 9.38 Å². The number of hydrogen-bond acceptors (Lipinski definition) is 2. The summed E-state index contributed by atoms with van der Waals surface area (Å²) in [5, 5.41) is 9.75. The molecule has 0 unspecified atom stereocenters. The molecule has 0 bridgehead atoms. The molecular weight excluding hydrogens is 422 g/mol. The monoisotopic (exact) mass is 456 g/mol. The number of pyridine rings is 1. The van der Waals surface area contributed by atoms with Crippen LogP contribution in [0.1, 0.15) is 65.1 Å². The molecule has 0 aromatic carbocycles. The van der Waals surface area contributed by atoms with Crippen LogP contribution in [0.3, 0.4) is 0 Å². The van der Waals surface area contributed by atoms with Gasteiger partial charge >= 0.3 is 156 Å². The molecule has 3 nitrogen and oxygen atoms in total. The summed E-state index contributed by atoms with van der Waals surface area (Å²) < 4.78 is 20.8. The predicted molar refractivity (Wildman–Crippen MR) is 106 cm³/mol. The molecule has 0 aliphatic rings. The average molecular weight is 455 g/mol. The van der Waals surface area contributed by atoms with E-state index in [0.717, 1.165) is 5.52 Å². The van der Waals surface area contributed by atoms with Crippen LogP contribution in [0.25, 0.3) is 5.52 Å². The number of fused-ring (bicyclic) bond motifs is 1. The molecule has 0 fully saturated rings. The second kappa shape index (κ2) is 9.91. The van der Waals surface area contributed by atoms with Gasteiger partial charge in [-0.1, -0.05) is 0 Å². The maximum atomic E-state index is 13.8. The fourth-order valence-corrected chi connectivity index (χ4v) is 20.1. The van der Waals surface area contributed by atoms with Gasteiger partial charge in [-0.2, -0.15) is 0 Å². The third-order valence-corrected chi connectivity index (χ3v) is 20.5. The molecule has 0 radical (unpaired) electrons. The van der Waals surface area contributed by atoms with Gasteiger partial charge in [-0.05, 0) is 0 Å². The molecule has 0 saturated heterocycles. The fraction of sp³-hybridized carbons (Fsp3) is 0.650. The molecule has 0 amide bonds. The van der Waals surface area contributed by atoms with Crippen LogP contribution in [0, 0.1) is 5.82 Å². The minimum absolute atomic E-state index is 0.137. The first-order valence-corrected chi connectivity index (χ1v) is 17.4. The Morgan fingerprint density at radius 1 is 1.00 bits per heavy atom. The van der Waals surface area contributed by atoms with Crippen molar-refractivity contribution in [3.63, 3.8) is 0 Å². The third kappa shape index (κ3) is 4.76. The zero-order valence-corrected chi connectivity index (χ0v) is 18.9. The van der Waals surface area contributed by atoms with Crippen molar-refractivity contribution in [2.45, 2.75) is 79.2 Å². The van der Waals surface area contributed by atoms with E-state index in [4.69, 9.17) is 4.98 Å². The van der Waals surface area contributed by atoms with Crippen molar-refractivity contribution < 1.29 is 9.50 Å². The molecule has 1 N–H and O–H groups in total. The summed E-state index contributed by atoms with van der Waals surface area (Å²) in [6.45, 7) is 6.64. The second-order valence-corrected chi connectivity index (χ2v) is 20.2. The number of imidazole rings is 1. The summed E-state index contributed by atoms with van der Waals surface area (Å²) in [6, 6.07) is 3.42. The number of unbranched alkanes of at least 4 members (excludes halogenated alkanes) is 3. The molecule has 140 valence electrons. The molecule has 2 aromatic rings. The summed E-state index contributed by atoms with van der Waals surface area (Å²) in [7, 11) is 0. The van der Waals surface area contributed by atoms with Gasteiger partial charge in [0.25, 0.3) is 0 Å². The normalized spacial score (nSPS) is 12.2. The van der Waals surface area contributed by atoms with Crippen molar-refractivity contribution in [2.75, 3.05) is 0 Å². The Labute approximate surface area is 155 Å². The van der Waals surface area contributed by atoms with Crippen molar-refractivity contribution in [2.24, 2.45) is 0 Å². The van der Waals surface area contributed by atoms with E-state index in [0.29, 0.717) is 5.82 Å². The van der Waals surface area contributed by atoms with E-state index in [1.54, 1.807) is 4.40 Å². The van der Waals surface area contributed by atoms with Crippen LogP contribution in [0.15, 0.2) is 18.3 Å². The Kier molecular flexibility index (Phi) is 8.20. The molecule has 25 heavy (non-hydrogen) atoms. The predicted octanol–water partition coefficient (Wildman–Crippen LogP) is 5.02. The minimum atomic E-state index is -2.70. The summed E-state index contributed by atoms with van der Waals surface area (Å²) >= 11 is -2.70. The Morgan fingerprint density at radius 3 is 2.04 bits per heavy atom. The molecule has 0 saturated carbocycles. The third-order valence-electron chi connectivity index (χ3n) is 5.34. The van der Waals surface area contributed by atoms with Crippen molar-refractivity contribution in [1.29, 1.82) is 0 Å². The van der Waals surface area contributed by atoms with Gasteiger partial charge in [0.15, 0.2) is 0 Å². The Morgan fingerprint density at radius 2 is 1.56 bits per heavy atom. The number of rotatable bonds is 11. The van der Waals surface area contributed by atoms with Gasteiger partial charge in [0.1, 0.15) is 0 Å². The van der Waals surface area contributed by atoms with Gasteiger partial charge in [-0.3, -0.25) is 0 Å². The Bertz CT molecular complexity index is 649. The van der Waals surface area contributed by atoms with Crippen LogP contribution in [0.5, 0.6) is 0 Å². The van der Waals surface area contributed by atoms with Gasteiger partial charge < -0.3 is 0 Å². The number of nitrogens with zero attached hydrogens (tertiary/aromatic N) is 2. The van der Waals surface area contributed by atoms with Gasteiger partial charge in [0.2, 0.25) is 0 Å². The number of hydrogen-bond donors (Lipinski definition) is 1. The maximum absolute atomic E-state index is 13.8. The van der Waals surface area contributed by atoms with Gasteiger partial charge in [-0.15, -0.1) is 0 Å². The number of aromatic nitrogens is 2. The molecule has 2 heterocycles. The molecule has 2 rings (SSSR count). The SMILES string of the molecule is CCC[CH2][Sn]([CH2]CCC)([CH2]CCC)[c]1nc(CO)n2cc(F)ccc12. The fourth-order valence-electron chi connectivity index (χ4n) is 3.90. The molecule has 0 atom stereocenters. The molecule has 0 spiro atoms. The zero-order chi connectivity index (χ0) is 18.3. The summed E-state index contributed by atoms with van der Waals surface area (Å²) in [6.07, 6.45) is 8.90. The quantitative estimate of drug-likeness (QED) is 0.484. The summed E-state index contributed by atoms with van der Waals surface area (Å²) in [5.74, 6) is 0.317. The van der Waals surface area contributed by atoms with E-state index < -0.39 is 18.4 Å². The van der Waals surface area contributed by atoms with E-state index in [2.05, 4.69) is 20.8 Å². The van der Waals surface area contributed by atoms with Crippen molar-refractivity contribution in [3.05, 3.63) is 30.0 Å². The molecule has 0 aliphatic carbocycles. The van der Waals surface area contributed by atoms with E-state index in [-0.39, 0.29) is 12.4 Å². The second-order valence-electron chi connectivity index (χ2n) is 7.23. The summed E-state index contributed by atoms with van der Waals surface area (Å²) in [4.78, 5) is 4.92. The standard InChI is InChI=1S/C8H6FN2O.3C4H9.Sn/c9-6-1-2-7-3-10-8(5-12)11(7)4-6;3*1-3-4-2;/h1-2,4,12H,5H2;3*1,3-4H2,2H3;. The zero-order valence-electron chi connectivity index (χ0n) is 16.0. The van der Waals surface area contributed by atoms with Gasteiger partial charge in [0.05, 0.1) is 0 Å². The van der Waals surface area contributed by atoms with E-state index in [1.165, 1.54) is 67.8 Å². The van der Waals surface area contributed by atoms with Crippen LogP contribution in [0.4, 0.5) is 4.39 Å². The first-order valence-electron chi connectivity index (χ1n) is 9.89. The Hall–Kier alpha value is -0.621. The molecule has 2 aromatic heterocycles. The first kappa shape index (κ1) is 20.7. The number of aliphatic hydroxyl groups is 1. The van der Waals surface area contributed by atoms with E-state index in [9.17, 15) is 9.50 Å². The van der Waals surface area contributed by atoms with Gasteiger partial charge in [0, 0.05) is 0 Å². The van der Waals surface area contributed by atoms with Crippen LogP contribution in [-0.4, -0.2) is 32.9 Å². The van der Waals surface area contributed by atoms with Crippen LogP contribution >= 0.6 is 0 Å². The first-order chi connectivity index (χ1) is 12.1.